The van der Waals surface area contributed by atoms with E-state index in [-0.39, 0.29) is 45.4 Å². The summed E-state index contributed by atoms with van der Waals surface area (Å²) >= 11 is 0. The fourth-order valence-electron chi connectivity index (χ4n) is 1.74. The van der Waals surface area contributed by atoms with Gasteiger partial charge in [0.05, 0.1) is 6.61 Å². The molecule has 67 valence electrons. The van der Waals surface area contributed by atoms with E-state index in [1.807, 2.05) is 25.2 Å². The average molecular weight is 251 g/mol. The van der Waals surface area contributed by atoms with E-state index in [2.05, 4.69) is 11.0 Å². The molecular weight excluding hydrogens is 239 g/mol. The third kappa shape index (κ3) is 1.95. The van der Waals surface area contributed by atoms with Gasteiger partial charge in [-0.15, -0.1) is 11.6 Å². The minimum atomic E-state index is 0. The average Bonchev–Trinajstić information content (AvgIpc) is 2.44. The van der Waals surface area contributed by atoms with Crippen LogP contribution in [0, 0.1) is 6.07 Å². The first kappa shape index (κ1) is 11.2. The summed E-state index contributed by atoms with van der Waals surface area (Å²) in [6, 6.07) is 9.27. The molecular formula is C10H12NOY-. The Morgan fingerprint density at radius 2 is 2.46 bits per heavy atom. The van der Waals surface area contributed by atoms with Crippen LogP contribution in [0.5, 0.6) is 0 Å². The largest absolute Gasteiger partial charge is 0.394 e. The quantitative estimate of drug-likeness (QED) is 0.747. The second kappa shape index (κ2) is 4.54. The number of hydrogen-bond acceptors (Lipinski definition) is 2. The van der Waals surface area contributed by atoms with E-state index >= 15 is 0 Å². The van der Waals surface area contributed by atoms with Gasteiger partial charge in [0, 0.05) is 45.8 Å². The molecule has 1 aliphatic heterocycles. The number of anilines is 1. The smallest absolute Gasteiger partial charge is 0.0627 e. The zero-order valence-corrected chi connectivity index (χ0v) is 10.5. The van der Waals surface area contributed by atoms with Crippen LogP contribution in [-0.2, 0) is 39.1 Å². The Kier molecular flexibility index (Phi) is 3.90. The molecule has 1 aromatic carbocycles. The van der Waals surface area contributed by atoms with Crippen LogP contribution in [0.3, 0.4) is 0 Å². The number of rotatable bonds is 1. The van der Waals surface area contributed by atoms with Gasteiger partial charge in [-0.3, -0.25) is 0 Å². The molecule has 1 aliphatic rings. The van der Waals surface area contributed by atoms with Crippen molar-refractivity contribution in [1.82, 2.24) is 0 Å². The summed E-state index contributed by atoms with van der Waals surface area (Å²) in [5, 5.41) is 9.06. The van der Waals surface area contributed by atoms with Gasteiger partial charge in [-0.05, 0) is 6.42 Å². The molecule has 1 heterocycles. The van der Waals surface area contributed by atoms with Crippen LogP contribution in [0.4, 0.5) is 5.69 Å². The molecule has 0 fully saturated rings. The van der Waals surface area contributed by atoms with Crippen LogP contribution in [0.15, 0.2) is 18.2 Å². The van der Waals surface area contributed by atoms with Crippen molar-refractivity contribution in [3.05, 3.63) is 29.8 Å². The number of aliphatic hydroxyl groups excluding tert-OH is 1. The molecule has 1 unspecified atom stereocenters. The molecule has 1 aromatic rings. The van der Waals surface area contributed by atoms with Crippen molar-refractivity contribution < 1.29 is 37.8 Å². The van der Waals surface area contributed by atoms with Gasteiger partial charge in [0.25, 0.3) is 0 Å². The van der Waals surface area contributed by atoms with Gasteiger partial charge < -0.3 is 10.0 Å². The molecule has 1 radical (unpaired) electrons. The Hall–Kier alpha value is 0.0839. The maximum atomic E-state index is 9.06. The fourth-order valence-corrected chi connectivity index (χ4v) is 1.74. The van der Waals surface area contributed by atoms with Gasteiger partial charge in [0.15, 0.2) is 0 Å². The standard InChI is InChI=1S/C10H12NO.Y/c1-11-9(7-12)6-8-4-2-3-5-10(8)11;/h3-5,9,12H,6-7H2,1H3;/q-1;. The van der Waals surface area contributed by atoms with Crippen LogP contribution < -0.4 is 4.90 Å². The van der Waals surface area contributed by atoms with E-state index in [0.29, 0.717) is 0 Å². The summed E-state index contributed by atoms with van der Waals surface area (Å²) in [6.07, 6.45) is 0.944. The van der Waals surface area contributed by atoms with Crippen molar-refractivity contribution in [2.75, 3.05) is 18.6 Å². The van der Waals surface area contributed by atoms with Crippen LogP contribution in [0.25, 0.3) is 0 Å². The number of benzene rings is 1. The zero-order chi connectivity index (χ0) is 8.55. The van der Waals surface area contributed by atoms with Gasteiger partial charge in [0.1, 0.15) is 0 Å². The Labute approximate surface area is 104 Å². The van der Waals surface area contributed by atoms with E-state index in [4.69, 9.17) is 5.11 Å². The molecule has 3 heteroatoms. The van der Waals surface area contributed by atoms with Crippen molar-refractivity contribution >= 4 is 5.69 Å². The van der Waals surface area contributed by atoms with Gasteiger partial charge in [0.2, 0.25) is 0 Å². The normalized spacial score (nSPS) is 19.5. The molecule has 0 spiro atoms. The molecule has 0 aromatic heterocycles. The second-order valence-corrected chi connectivity index (χ2v) is 3.21. The predicted molar refractivity (Wildman–Crippen MR) is 48.3 cm³/mol. The van der Waals surface area contributed by atoms with E-state index in [9.17, 15) is 0 Å². The topological polar surface area (TPSA) is 23.5 Å². The summed E-state index contributed by atoms with van der Waals surface area (Å²) < 4.78 is 0. The summed E-state index contributed by atoms with van der Waals surface area (Å²) in [5.74, 6) is 0. The van der Waals surface area contributed by atoms with Gasteiger partial charge in [-0.2, -0.15) is 18.2 Å². The van der Waals surface area contributed by atoms with Gasteiger partial charge in [-0.1, -0.05) is 5.69 Å². The minimum absolute atomic E-state index is 0. The monoisotopic (exact) mass is 251 g/mol. The maximum Gasteiger partial charge on any atom is 0.0627 e. The van der Waals surface area contributed by atoms with E-state index in [0.717, 1.165) is 6.42 Å². The van der Waals surface area contributed by atoms with Crippen LogP contribution in [0.2, 0.25) is 0 Å². The summed E-state index contributed by atoms with van der Waals surface area (Å²) in [4.78, 5) is 2.13. The van der Waals surface area contributed by atoms with Gasteiger partial charge in [-0.25, -0.2) is 0 Å². The van der Waals surface area contributed by atoms with Crippen LogP contribution >= 0.6 is 0 Å². The summed E-state index contributed by atoms with van der Waals surface area (Å²) in [7, 11) is 2.02. The van der Waals surface area contributed by atoms with Gasteiger partial charge >= 0.3 is 0 Å². The zero-order valence-electron chi connectivity index (χ0n) is 7.70. The molecule has 2 nitrogen and oxygen atoms in total. The first-order chi connectivity index (χ1) is 5.83. The summed E-state index contributed by atoms with van der Waals surface area (Å²) in [5.41, 5.74) is 2.52. The molecule has 0 bridgehead atoms. The maximum absolute atomic E-state index is 9.06. The van der Waals surface area contributed by atoms with Crippen molar-refractivity contribution in [2.24, 2.45) is 0 Å². The number of fused-ring (bicyclic) bond motifs is 1. The molecule has 13 heavy (non-hydrogen) atoms. The van der Waals surface area contributed by atoms with Crippen molar-refractivity contribution in [3.8, 4) is 0 Å². The molecule has 0 amide bonds. The van der Waals surface area contributed by atoms with Crippen molar-refractivity contribution in [3.63, 3.8) is 0 Å². The number of likely N-dealkylation sites (N-methyl/N-ethyl adjacent to an activating group) is 1. The SMILES string of the molecule is CN1c2cc[c-]cc2CC1CO.[Y]. The van der Waals surface area contributed by atoms with E-state index < -0.39 is 0 Å². The molecule has 1 N–H and O–H groups in total. The first-order valence-corrected chi connectivity index (χ1v) is 4.15. The predicted octanol–water partition coefficient (Wildman–Crippen LogP) is 0.837. The van der Waals surface area contributed by atoms with E-state index in [1.54, 1.807) is 0 Å². The molecule has 1 atom stereocenters. The van der Waals surface area contributed by atoms with Crippen LogP contribution in [0.1, 0.15) is 5.56 Å². The molecule has 2 rings (SSSR count). The van der Waals surface area contributed by atoms with Crippen LogP contribution in [-0.4, -0.2) is 24.8 Å². The fraction of sp³-hybridized carbons (Fsp3) is 0.400. The van der Waals surface area contributed by atoms with Crippen molar-refractivity contribution in [2.45, 2.75) is 12.5 Å². The Balaban J connectivity index is 0.000000845. The van der Waals surface area contributed by atoms with Crippen molar-refractivity contribution in [1.29, 1.82) is 0 Å². The number of nitrogens with zero attached hydrogens (tertiary/aromatic N) is 1. The Morgan fingerprint density at radius 1 is 1.69 bits per heavy atom. The Bertz CT molecular complexity index is 290. The third-order valence-corrected chi connectivity index (χ3v) is 2.52. The first-order valence-electron chi connectivity index (χ1n) is 4.15. The molecule has 0 aliphatic carbocycles. The van der Waals surface area contributed by atoms with E-state index in [1.165, 1.54) is 11.3 Å². The minimum Gasteiger partial charge on any atom is -0.394 e. The molecule has 0 saturated carbocycles. The Morgan fingerprint density at radius 3 is 3.08 bits per heavy atom. The molecule has 0 saturated heterocycles. The number of hydrogen-bond donors (Lipinski definition) is 1. The third-order valence-electron chi connectivity index (χ3n) is 2.52. The second-order valence-electron chi connectivity index (χ2n) is 3.21. The summed E-state index contributed by atoms with van der Waals surface area (Å²) in [6.45, 7) is 0.227. The number of aliphatic hydroxyl groups is 1.